The van der Waals surface area contributed by atoms with Gasteiger partial charge >= 0.3 is 0 Å². The van der Waals surface area contributed by atoms with Crippen molar-refractivity contribution in [2.75, 3.05) is 13.1 Å². The molecule has 0 aromatic carbocycles. The maximum absolute atomic E-state index is 6.25. The van der Waals surface area contributed by atoms with E-state index in [1.54, 1.807) is 0 Å². The average Bonchev–Trinajstić information content (AvgIpc) is 2.89. The minimum Gasteiger partial charge on any atom is -0.370 e. The van der Waals surface area contributed by atoms with Crippen molar-refractivity contribution in [3.8, 4) is 0 Å². The van der Waals surface area contributed by atoms with Crippen LogP contribution in [0.4, 0.5) is 0 Å². The summed E-state index contributed by atoms with van der Waals surface area (Å²) in [5, 5.41) is 0. The minimum atomic E-state index is 0.247. The highest BCUT2D eigenvalue weighted by atomic mass is 16.5. The van der Waals surface area contributed by atoms with Crippen LogP contribution in [0, 0.1) is 5.92 Å². The van der Waals surface area contributed by atoms with Gasteiger partial charge in [0.05, 0.1) is 12.7 Å². The van der Waals surface area contributed by atoms with Crippen molar-refractivity contribution >= 4 is 0 Å². The molecule has 122 valence electrons. The van der Waals surface area contributed by atoms with Gasteiger partial charge in [0.25, 0.3) is 0 Å². The van der Waals surface area contributed by atoms with Crippen LogP contribution in [0.2, 0.25) is 0 Å². The fraction of sp³-hybridized carbons (Fsp3) is 0.526. The normalized spacial score (nSPS) is 22.3. The molecule has 0 saturated heterocycles. The average molecular weight is 311 g/mol. The fourth-order valence-electron chi connectivity index (χ4n) is 3.61. The SMILES string of the molecule is c1cc2n(c1)C[C@H](OCc1ccncc1)CN(CC1CCC1)C2. The summed E-state index contributed by atoms with van der Waals surface area (Å²) in [6, 6.07) is 8.47. The molecule has 0 bridgehead atoms. The first kappa shape index (κ1) is 14.9. The number of fused-ring (bicyclic) bond motifs is 1. The predicted octanol–water partition coefficient (Wildman–Crippen LogP) is 3.08. The number of pyridine rings is 1. The molecule has 4 rings (SSSR count). The lowest BCUT2D eigenvalue weighted by Gasteiger charge is -2.32. The van der Waals surface area contributed by atoms with Gasteiger partial charge in [-0.15, -0.1) is 0 Å². The number of ether oxygens (including phenoxy) is 1. The lowest BCUT2D eigenvalue weighted by molar-refractivity contribution is 0.00496. The zero-order valence-electron chi connectivity index (χ0n) is 13.6. The van der Waals surface area contributed by atoms with E-state index in [2.05, 4.69) is 32.8 Å². The van der Waals surface area contributed by atoms with E-state index in [1.807, 2.05) is 24.5 Å². The molecule has 23 heavy (non-hydrogen) atoms. The van der Waals surface area contributed by atoms with Crippen LogP contribution in [-0.2, 0) is 24.4 Å². The van der Waals surface area contributed by atoms with Crippen LogP contribution in [-0.4, -0.2) is 33.6 Å². The maximum atomic E-state index is 6.25. The van der Waals surface area contributed by atoms with Crippen molar-refractivity contribution in [1.29, 1.82) is 0 Å². The summed E-state index contributed by atoms with van der Waals surface area (Å²) >= 11 is 0. The Bertz CT molecular complexity index is 621. The maximum Gasteiger partial charge on any atom is 0.0885 e. The Hall–Kier alpha value is -1.65. The molecule has 2 aromatic rings. The summed E-state index contributed by atoms with van der Waals surface area (Å²) in [6.45, 7) is 4.93. The van der Waals surface area contributed by atoms with Gasteiger partial charge in [-0.05, 0) is 48.6 Å². The smallest absolute Gasteiger partial charge is 0.0885 e. The van der Waals surface area contributed by atoms with Crippen LogP contribution in [0.5, 0.6) is 0 Å². The summed E-state index contributed by atoms with van der Waals surface area (Å²) in [4.78, 5) is 6.67. The first-order chi connectivity index (χ1) is 11.4. The van der Waals surface area contributed by atoms with Gasteiger partial charge in [0.1, 0.15) is 0 Å². The molecule has 1 fully saturated rings. The van der Waals surface area contributed by atoms with Crippen LogP contribution < -0.4 is 0 Å². The lowest BCUT2D eigenvalue weighted by Crippen LogP contribution is -2.37. The topological polar surface area (TPSA) is 30.3 Å². The van der Waals surface area contributed by atoms with Crippen LogP contribution in [0.15, 0.2) is 42.9 Å². The van der Waals surface area contributed by atoms with Gasteiger partial charge in [-0.3, -0.25) is 9.88 Å². The predicted molar refractivity (Wildman–Crippen MR) is 89.9 cm³/mol. The number of hydrogen-bond donors (Lipinski definition) is 0. The van der Waals surface area contributed by atoms with Gasteiger partial charge in [0.15, 0.2) is 0 Å². The van der Waals surface area contributed by atoms with E-state index in [0.29, 0.717) is 6.61 Å². The summed E-state index contributed by atoms with van der Waals surface area (Å²) in [5.41, 5.74) is 2.61. The molecule has 0 unspecified atom stereocenters. The minimum absolute atomic E-state index is 0.247. The second kappa shape index (κ2) is 6.85. The summed E-state index contributed by atoms with van der Waals surface area (Å²) < 4.78 is 8.61. The number of hydrogen-bond acceptors (Lipinski definition) is 3. The van der Waals surface area contributed by atoms with Crippen molar-refractivity contribution in [3.63, 3.8) is 0 Å². The molecule has 1 aliphatic carbocycles. The highest BCUT2D eigenvalue weighted by Crippen LogP contribution is 2.28. The molecule has 0 spiro atoms. The van der Waals surface area contributed by atoms with Gasteiger partial charge in [-0.1, -0.05) is 6.42 Å². The molecule has 1 aliphatic heterocycles. The Balaban J connectivity index is 1.42. The largest absolute Gasteiger partial charge is 0.370 e. The van der Waals surface area contributed by atoms with Gasteiger partial charge in [0, 0.05) is 50.5 Å². The third-order valence-corrected chi connectivity index (χ3v) is 5.15. The Morgan fingerprint density at radius 1 is 1.13 bits per heavy atom. The van der Waals surface area contributed by atoms with E-state index < -0.39 is 0 Å². The van der Waals surface area contributed by atoms with Gasteiger partial charge in [0.2, 0.25) is 0 Å². The molecule has 0 radical (unpaired) electrons. The van der Waals surface area contributed by atoms with Crippen LogP contribution in [0.3, 0.4) is 0 Å². The second-order valence-electron chi connectivity index (χ2n) is 6.93. The standard InChI is InChI=1S/C19H25N3O/c1-3-16(4-1)11-21-12-18-5-2-10-22(18)14-19(13-21)23-15-17-6-8-20-9-7-17/h2,5-10,16,19H,1,3-4,11-15H2/t19-/m1/s1. The molecule has 4 heteroatoms. The Kier molecular flexibility index (Phi) is 4.44. The molecule has 1 saturated carbocycles. The molecule has 0 N–H and O–H groups in total. The molecule has 2 aromatic heterocycles. The Morgan fingerprint density at radius 3 is 2.78 bits per heavy atom. The van der Waals surface area contributed by atoms with E-state index in [9.17, 15) is 0 Å². The number of aromatic nitrogens is 2. The van der Waals surface area contributed by atoms with Crippen LogP contribution in [0.1, 0.15) is 30.5 Å². The van der Waals surface area contributed by atoms with E-state index in [1.165, 1.54) is 37.1 Å². The van der Waals surface area contributed by atoms with E-state index in [-0.39, 0.29) is 6.10 Å². The molecule has 4 nitrogen and oxygen atoms in total. The molecule has 3 heterocycles. The quantitative estimate of drug-likeness (QED) is 0.850. The highest BCUT2D eigenvalue weighted by molar-refractivity contribution is 5.10. The van der Waals surface area contributed by atoms with Crippen molar-refractivity contribution in [3.05, 3.63) is 54.1 Å². The van der Waals surface area contributed by atoms with Crippen molar-refractivity contribution in [2.24, 2.45) is 5.92 Å². The molecular formula is C19H25N3O. The zero-order chi connectivity index (χ0) is 15.5. The summed E-state index contributed by atoms with van der Waals surface area (Å²) in [7, 11) is 0. The second-order valence-corrected chi connectivity index (χ2v) is 6.93. The van der Waals surface area contributed by atoms with Gasteiger partial charge in [-0.25, -0.2) is 0 Å². The van der Waals surface area contributed by atoms with Gasteiger partial charge < -0.3 is 9.30 Å². The van der Waals surface area contributed by atoms with E-state index in [4.69, 9.17) is 4.74 Å². The van der Waals surface area contributed by atoms with E-state index in [0.717, 1.165) is 25.6 Å². The summed E-state index contributed by atoms with van der Waals surface area (Å²) in [6.07, 6.45) is 10.3. The highest BCUT2D eigenvalue weighted by Gasteiger charge is 2.26. The zero-order valence-corrected chi connectivity index (χ0v) is 13.6. The molecule has 2 aliphatic rings. The fourth-order valence-corrected chi connectivity index (χ4v) is 3.61. The first-order valence-electron chi connectivity index (χ1n) is 8.74. The Labute approximate surface area is 138 Å². The van der Waals surface area contributed by atoms with Crippen molar-refractivity contribution in [2.45, 2.75) is 45.1 Å². The van der Waals surface area contributed by atoms with Crippen molar-refractivity contribution in [1.82, 2.24) is 14.5 Å². The first-order valence-corrected chi connectivity index (χ1v) is 8.74. The molecule has 1 atom stereocenters. The van der Waals surface area contributed by atoms with Crippen molar-refractivity contribution < 1.29 is 4.74 Å². The van der Waals surface area contributed by atoms with Gasteiger partial charge in [-0.2, -0.15) is 0 Å². The molecular weight excluding hydrogens is 286 g/mol. The van der Waals surface area contributed by atoms with Crippen LogP contribution >= 0.6 is 0 Å². The third kappa shape index (κ3) is 3.65. The summed E-state index contributed by atoms with van der Waals surface area (Å²) in [5.74, 6) is 0.900. The monoisotopic (exact) mass is 311 g/mol. The molecule has 0 amide bonds. The lowest BCUT2D eigenvalue weighted by atomic mass is 9.85. The van der Waals surface area contributed by atoms with Crippen LogP contribution in [0.25, 0.3) is 0 Å². The number of rotatable bonds is 5. The third-order valence-electron chi connectivity index (χ3n) is 5.15. The number of nitrogens with zero attached hydrogens (tertiary/aromatic N) is 3. The van der Waals surface area contributed by atoms with E-state index >= 15 is 0 Å². The Morgan fingerprint density at radius 2 is 2.00 bits per heavy atom.